The van der Waals surface area contributed by atoms with Gasteiger partial charge in [-0.15, -0.1) is 0 Å². The van der Waals surface area contributed by atoms with Crippen molar-refractivity contribution in [3.05, 3.63) is 29.8 Å². The first-order valence-electron chi connectivity index (χ1n) is 4.92. The van der Waals surface area contributed by atoms with Crippen LogP contribution in [-0.4, -0.2) is 24.2 Å². The first-order valence-corrected chi connectivity index (χ1v) is 4.92. The van der Waals surface area contributed by atoms with Crippen molar-refractivity contribution < 1.29 is 14.6 Å². The summed E-state index contributed by atoms with van der Waals surface area (Å²) < 4.78 is 5.01. The molecule has 1 aromatic carbocycles. The van der Waals surface area contributed by atoms with Gasteiger partial charge in [0.15, 0.2) is 0 Å². The number of aliphatic carboxylic acids is 1. The van der Waals surface area contributed by atoms with Crippen LogP contribution in [0.15, 0.2) is 24.3 Å². The van der Waals surface area contributed by atoms with Crippen LogP contribution in [0.5, 0.6) is 5.75 Å². The number of hydrogen-bond donors (Lipinski definition) is 3. The highest BCUT2D eigenvalue weighted by Crippen LogP contribution is 2.18. The first kappa shape index (κ1) is 12.5. The number of carboxylic acid groups (broad SMARTS) is 1. The summed E-state index contributed by atoms with van der Waals surface area (Å²) in [5.41, 5.74) is 12.1. The van der Waals surface area contributed by atoms with Crippen molar-refractivity contribution in [3.8, 4) is 5.75 Å². The van der Waals surface area contributed by atoms with E-state index in [1.807, 2.05) is 0 Å². The van der Waals surface area contributed by atoms with Gasteiger partial charge in [-0.05, 0) is 24.1 Å². The van der Waals surface area contributed by atoms with Crippen molar-refractivity contribution in [2.75, 3.05) is 7.11 Å². The number of carbonyl (C=O) groups is 1. The van der Waals surface area contributed by atoms with E-state index in [0.717, 1.165) is 11.3 Å². The summed E-state index contributed by atoms with van der Waals surface area (Å²) in [4.78, 5) is 10.6. The van der Waals surface area contributed by atoms with E-state index in [0.29, 0.717) is 0 Å². The van der Waals surface area contributed by atoms with Gasteiger partial charge in [0, 0.05) is 6.04 Å². The molecule has 0 unspecified atom stereocenters. The molecule has 5 heteroatoms. The summed E-state index contributed by atoms with van der Waals surface area (Å²) in [6.07, 6.45) is 0.210. The van der Waals surface area contributed by atoms with Crippen LogP contribution in [0.2, 0.25) is 0 Å². The highest BCUT2D eigenvalue weighted by atomic mass is 16.5. The molecule has 0 aromatic heterocycles. The van der Waals surface area contributed by atoms with Crippen LogP contribution in [0, 0.1) is 0 Å². The number of nitrogens with two attached hydrogens (primary N) is 2. The molecular weight excluding hydrogens is 208 g/mol. The minimum Gasteiger partial charge on any atom is -0.497 e. The van der Waals surface area contributed by atoms with Crippen LogP contribution in [-0.2, 0) is 4.79 Å². The van der Waals surface area contributed by atoms with E-state index in [-0.39, 0.29) is 12.5 Å². The molecule has 0 spiro atoms. The predicted octanol–water partition coefficient (Wildman–Crippen LogP) is 0.497. The quantitative estimate of drug-likeness (QED) is 0.676. The van der Waals surface area contributed by atoms with Gasteiger partial charge in [0.2, 0.25) is 0 Å². The minimum atomic E-state index is -1.04. The molecule has 2 atom stereocenters. The number of methoxy groups -OCH3 is 1. The van der Waals surface area contributed by atoms with Crippen LogP contribution in [0.1, 0.15) is 18.0 Å². The molecule has 5 N–H and O–H groups in total. The molecule has 0 radical (unpaired) electrons. The van der Waals surface area contributed by atoms with E-state index in [9.17, 15) is 4.79 Å². The number of rotatable bonds is 5. The minimum absolute atomic E-state index is 0.210. The number of ether oxygens (including phenoxy) is 1. The predicted molar refractivity (Wildman–Crippen MR) is 60.2 cm³/mol. The number of benzene rings is 1. The van der Waals surface area contributed by atoms with E-state index in [2.05, 4.69) is 0 Å². The Morgan fingerprint density at radius 1 is 1.38 bits per heavy atom. The summed E-state index contributed by atoms with van der Waals surface area (Å²) in [6.45, 7) is 0. The van der Waals surface area contributed by atoms with Gasteiger partial charge in [-0.25, -0.2) is 0 Å². The second-order valence-corrected chi connectivity index (χ2v) is 3.56. The second kappa shape index (κ2) is 5.48. The van der Waals surface area contributed by atoms with E-state index in [4.69, 9.17) is 21.3 Å². The van der Waals surface area contributed by atoms with E-state index in [1.165, 1.54) is 0 Å². The zero-order chi connectivity index (χ0) is 12.1. The molecule has 5 nitrogen and oxygen atoms in total. The molecule has 0 aliphatic rings. The third kappa shape index (κ3) is 3.22. The largest absolute Gasteiger partial charge is 0.497 e. The Morgan fingerprint density at radius 3 is 2.38 bits per heavy atom. The Bertz CT molecular complexity index is 351. The van der Waals surface area contributed by atoms with Crippen molar-refractivity contribution in [2.45, 2.75) is 18.5 Å². The van der Waals surface area contributed by atoms with Crippen molar-refractivity contribution in [2.24, 2.45) is 11.5 Å². The first-order chi connectivity index (χ1) is 7.54. The number of hydrogen-bond acceptors (Lipinski definition) is 4. The molecular formula is C11H16N2O3. The monoisotopic (exact) mass is 224 g/mol. The smallest absolute Gasteiger partial charge is 0.320 e. The molecule has 16 heavy (non-hydrogen) atoms. The fourth-order valence-corrected chi connectivity index (χ4v) is 1.36. The van der Waals surface area contributed by atoms with Gasteiger partial charge in [-0.1, -0.05) is 12.1 Å². The van der Waals surface area contributed by atoms with Gasteiger partial charge in [0.25, 0.3) is 0 Å². The van der Waals surface area contributed by atoms with Crippen molar-refractivity contribution in [3.63, 3.8) is 0 Å². The van der Waals surface area contributed by atoms with E-state index in [1.54, 1.807) is 31.4 Å². The van der Waals surface area contributed by atoms with Crippen LogP contribution >= 0.6 is 0 Å². The third-order valence-electron chi connectivity index (χ3n) is 2.37. The maximum Gasteiger partial charge on any atom is 0.320 e. The summed E-state index contributed by atoms with van der Waals surface area (Å²) in [5.74, 6) is -0.303. The fraction of sp³-hybridized carbons (Fsp3) is 0.364. The highest BCUT2D eigenvalue weighted by Gasteiger charge is 2.16. The summed E-state index contributed by atoms with van der Waals surface area (Å²) in [7, 11) is 1.58. The maximum atomic E-state index is 10.6. The average molecular weight is 224 g/mol. The van der Waals surface area contributed by atoms with E-state index < -0.39 is 12.0 Å². The Morgan fingerprint density at radius 2 is 1.94 bits per heavy atom. The normalized spacial score (nSPS) is 14.2. The second-order valence-electron chi connectivity index (χ2n) is 3.56. The third-order valence-corrected chi connectivity index (χ3v) is 2.37. The SMILES string of the molecule is COc1ccc([C@@H](N)C[C@H](N)C(=O)O)cc1. The van der Waals surface area contributed by atoms with Gasteiger partial charge < -0.3 is 21.3 Å². The standard InChI is InChI=1S/C11H16N2O3/c1-16-8-4-2-7(3-5-8)9(12)6-10(13)11(14)15/h2-5,9-10H,6,12-13H2,1H3,(H,14,15)/t9-,10-/m0/s1. The van der Waals surface area contributed by atoms with Gasteiger partial charge in [0.1, 0.15) is 11.8 Å². The maximum absolute atomic E-state index is 10.6. The van der Waals surface area contributed by atoms with Crippen molar-refractivity contribution in [1.82, 2.24) is 0 Å². The van der Waals surface area contributed by atoms with Gasteiger partial charge in [0.05, 0.1) is 7.11 Å². The van der Waals surface area contributed by atoms with Gasteiger partial charge >= 0.3 is 5.97 Å². The molecule has 0 amide bonds. The molecule has 0 aliphatic carbocycles. The van der Waals surface area contributed by atoms with Crippen LogP contribution in [0.4, 0.5) is 0 Å². The van der Waals surface area contributed by atoms with Gasteiger partial charge in [-0.3, -0.25) is 4.79 Å². The number of carboxylic acids is 1. The van der Waals surface area contributed by atoms with Crippen molar-refractivity contribution in [1.29, 1.82) is 0 Å². The zero-order valence-corrected chi connectivity index (χ0v) is 9.09. The molecule has 1 rings (SSSR count). The lowest BCUT2D eigenvalue weighted by Crippen LogP contribution is -2.33. The topological polar surface area (TPSA) is 98.6 Å². The molecule has 0 fully saturated rings. The molecule has 0 bridgehead atoms. The Balaban J connectivity index is 2.65. The molecule has 88 valence electrons. The zero-order valence-electron chi connectivity index (χ0n) is 9.09. The Labute approximate surface area is 94.0 Å². The van der Waals surface area contributed by atoms with Crippen LogP contribution < -0.4 is 16.2 Å². The average Bonchev–Trinajstić information content (AvgIpc) is 2.28. The van der Waals surface area contributed by atoms with Crippen LogP contribution in [0.3, 0.4) is 0 Å². The molecule has 0 aliphatic heterocycles. The Hall–Kier alpha value is -1.59. The Kier molecular flexibility index (Phi) is 4.28. The summed E-state index contributed by atoms with van der Waals surface area (Å²) in [6, 6.07) is 5.85. The lowest BCUT2D eigenvalue weighted by atomic mass is 10.0. The lowest BCUT2D eigenvalue weighted by Gasteiger charge is -2.14. The fourth-order valence-electron chi connectivity index (χ4n) is 1.36. The molecule has 0 saturated heterocycles. The molecule has 0 heterocycles. The van der Waals surface area contributed by atoms with Crippen molar-refractivity contribution >= 4 is 5.97 Å². The van der Waals surface area contributed by atoms with Gasteiger partial charge in [-0.2, -0.15) is 0 Å². The van der Waals surface area contributed by atoms with E-state index >= 15 is 0 Å². The van der Waals surface area contributed by atoms with Crippen LogP contribution in [0.25, 0.3) is 0 Å². The summed E-state index contributed by atoms with van der Waals surface area (Å²) >= 11 is 0. The summed E-state index contributed by atoms with van der Waals surface area (Å²) in [5, 5.41) is 8.66. The highest BCUT2D eigenvalue weighted by molar-refractivity contribution is 5.73. The molecule has 0 saturated carbocycles. The lowest BCUT2D eigenvalue weighted by molar-refractivity contribution is -0.138. The molecule has 1 aromatic rings.